The SMILES string of the molecule is CCCN1CCC(Nc2nc3ccc(C)cc3s2)CC1. The van der Waals surface area contributed by atoms with Crippen LogP contribution in [0.15, 0.2) is 18.2 Å². The molecule has 0 amide bonds. The van der Waals surface area contributed by atoms with E-state index in [4.69, 9.17) is 4.98 Å². The summed E-state index contributed by atoms with van der Waals surface area (Å²) in [4.78, 5) is 7.27. The number of rotatable bonds is 4. The standard InChI is InChI=1S/C16H23N3S/c1-3-8-19-9-6-13(7-10-19)17-16-18-14-5-4-12(2)11-15(14)20-16/h4-5,11,13H,3,6-10H2,1-2H3,(H,17,18). The zero-order chi connectivity index (χ0) is 13.9. The lowest BCUT2D eigenvalue weighted by molar-refractivity contribution is 0.219. The lowest BCUT2D eigenvalue weighted by Gasteiger charge is -2.31. The van der Waals surface area contributed by atoms with Gasteiger partial charge in [-0.15, -0.1) is 0 Å². The Hall–Kier alpha value is -1.13. The van der Waals surface area contributed by atoms with Gasteiger partial charge in [0.25, 0.3) is 0 Å². The van der Waals surface area contributed by atoms with E-state index in [0.717, 1.165) is 10.6 Å². The third kappa shape index (κ3) is 3.13. The number of likely N-dealkylation sites (tertiary alicyclic amines) is 1. The molecule has 0 spiro atoms. The molecule has 0 atom stereocenters. The monoisotopic (exact) mass is 289 g/mol. The van der Waals surface area contributed by atoms with E-state index in [0.29, 0.717) is 6.04 Å². The molecule has 0 radical (unpaired) electrons. The number of aromatic nitrogens is 1. The maximum Gasteiger partial charge on any atom is 0.184 e. The Labute approximate surface area is 125 Å². The van der Waals surface area contributed by atoms with Crippen molar-refractivity contribution in [1.29, 1.82) is 0 Å². The zero-order valence-corrected chi connectivity index (χ0v) is 13.2. The average molecular weight is 289 g/mol. The second-order valence-electron chi connectivity index (χ2n) is 5.75. The summed E-state index contributed by atoms with van der Waals surface area (Å²) in [7, 11) is 0. The van der Waals surface area contributed by atoms with Crippen molar-refractivity contribution in [3.8, 4) is 0 Å². The van der Waals surface area contributed by atoms with E-state index < -0.39 is 0 Å². The van der Waals surface area contributed by atoms with Gasteiger partial charge in [0.2, 0.25) is 0 Å². The first-order chi connectivity index (χ1) is 9.74. The van der Waals surface area contributed by atoms with Crippen molar-refractivity contribution in [2.45, 2.75) is 39.2 Å². The highest BCUT2D eigenvalue weighted by Crippen LogP contribution is 2.28. The van der Waals surface area contributed by atoms with Crippen LogP contribution < -0.4 is 5.32 Å². The van der Waals surface area contributed by atoms with Crippen LogP contribution in [0.4, 0.5) is 5.13 Å². The Bertz CT molecular complexity index is 570. The van der Waals surface area contributed by atoms with Gasteiger partial charge in [0.15, 0.2) is 5.13 Å². The third-order valence-electron chi connectivity index (χ3n) is 4.00. The normalized spacial score (nSPS) is 17.7. The van der Waals surface area contributed by atoms with Crippen molar-refractivity contribution in [2.24, 2.45) is 0 Å². The van der Waals surface area contributed by atoms with E-state index in [9.17, 15) is 0 Å². The minimum Gasteiger partial charge on any atom is -0.359 e. The van der Waals surface area contributed by atoms with E-state index in [1.165, 1.54) is 49.2 Å². The summed E-state index contributed by atoms with van der Waals surface area (Å²) in [5, 5.41) is 4.72. The molecule has 0 unspecified atom stereocenters. The molecule has 0 saturated carbocycles. The fourth-order valence-corrected chi connectivity index (χ4v) is 3.93. The molecule has 1 aromatic carbocycles. The van der Waals surface area contributed by atoms with Crippen molar-refractivity contribution in [3.63, 3.8) is 0 Å². The molecule has 2 aromatic rings. The molecule has 1 aliphatic rings. The van der Waals surface area contributed by atoms with Crippen LogP contribution in [-0.2, 0) is 0 Å². The van der Waals surface area contributed by atoms with Crippen LogP contribution in [-0.4, -0.2) is 35.6 Å². The van der Waals surface area contributed by atoms with Gasteiger partial charge in [0.05, 0.1) is 10.2 Å². The number of fused-ring (bicyclic) bond motifs is 1. The molecule has 1 saturated heterocycles. The lowest BCUT2D eigenvalue weighted by atomic mass is 10.1. The molecular weight excluding hydrogens is 266 g/mol. The number of benzene rings is 1. The average Bonchev–Trinajstić information content (AvgIpc) is 2.82. The second-order valence-corrected chi connectivity index (χ2v) is 6.78. The smallest absolute Gasteiger partial charge is 0.184 e. The number of anilines is 1. The Morgan fingerprint density at radius 3 is 2.90 bits per heavy atom. The summed E-state index contributed by atoms with van der Waals surface area (Å²) in [5.41, 5.74) is 2.42. The van der Waals surface area contributed by atoms with Gasteiger partial charge in [0.1, 0.15) is 0 Å². The third-order valence-corrected chi connectivity index (χ3v) is 4.95. The van der Waals surface area contributed by atoms with E-state index in [1.807, 2.05) is 0 Å². The van der Waals surface area contributed by atoms with E-state index in [1.54, 1.807) is 11.3 Å². The number of piperidine rings is 1. The summed E-state index contributed by atoms with van der Waals surface area (Å²) in [6.45, 7) is 8.07. The first kappa shape index (κ1) is 13.8. The number of thiazole rings is 1. The van der Waals surface area contributed by atoms with Crippen molar-refractivity contribution >= 4 is 26.7 Å². The molecule has 1 N–H and O–H groups in total. The first-order valence-electron chi connectivity index (χ1n) is 7.60. The summed E-state index contributed by atoms with van der Waals surface area (Å²) in [6.07, 6.45) is 3.72. The maximum absolute atomic E-state index is 4.70. The molecule has 4 heteroatoms. The van der Waals surface area contributed by atoms with Crippen molar-refractivity contribution in [1.82, 2.24) is 9.88 Å². The number of nitrogens with one attached hydrogen (secondary N) is 1. The first-order valence-corrected chi connectivity index (χ1v) is 8.42. The lowest BCUT2D eigenvalue weighted by Crippen LogP contribution is -2.39. The van der Waals surface area contributed by atoms with Crippen LogP contribution in [0.3, 0.4) is 0 Å². The fraction of sp³-hybridized carbons (Fsp3) is 0.562. The van der Waals surface area contributed by atoms with Gasteiger partial charge in [-0.25, -0.2) is 4.98 Å². The number of hydrogen-bond donors (Lipinski definition) is 1. The van der Waals surface area contributed by atoms with Crippen LogP contribution in [0.25, 0.3) is 10.2 Å². The minimum absolute atomic E-state index is 0.588. The Balaban J connectivity index is 1.62. The predicted octanol–water partition coefficient (Wildman–Crippen LogP) is 3.89. The molecule has 0 aliphatic carbocycles. The molecule has 1 fully saturated rings. The number of nitrogens with zero attached hydrogens (tertiary/aromatic N) is 2. The molecular formula is C16H23N3S. The number of aryl methyl sites for hydroxylation is 1. The molecule has 1 aliphatic heterocycles. The van der Waals surface area contributed by atoms with Gasteiger partial charge in [-0.05, 0) is 50.4 Å². The van der Waals surface area contributed by atoms with E-state index >= 15 is 0 Å². The maximum atomic E-state index is 4.70. The number of hydrogen-bond acceptors (Lipinski definition) is 4. The fourth-order valence-electron chi connectivity index (χ4n) is 2.89. The summed E-state index contributed by atoms with van der Waals surface area (Å²) < 4.78 is 1.29. The molecule has 0 bridgehead atoms. The summed E-state index contributed by atoms with van der Waals surface area (Å²) in [6, 6.07) is 7.07. The van der Waals surface area contributed by atoms with Gasteiger partial charge in [-0.3, -0.25) is 0 Å². The summed E-state index contributed by atoms with van der Waals surface area (Å²) in [5.74, 6) is 0. The van der Waals surface area contributed by atoms with Gasteiger partial charge < -0.3 is 10.2 Å². The van der Waals surface area contributed by atoms with Crippen LogP contribution in [0, 0.1) is 6.92 Å². The predicted molar refractivity (Wildman–Crippen MR) is 87.7 cm³/mol. The minimum atomic E-state index is 0.588. The molecule has 108 valence electrons. The van der Waals surface area contributed by atoms with Gasteiger partial charge in [-0.2, -0.15) is 0 Å². The zero-order valence-electron chi connectivity index (χ0n) is 12.4. The Morgan fingerprint density at radius 1 is 1.35 bits per heavy atom. The van der Waals surface area contributed by atoms with E-state index in [2.05, 4.69) is 42.3 Å². The van der Waals surface area contributed by atoms with Gasteiger partial charge >= 0.3 is 0 Å². The van der Waals surface area contributed by atoms with Crippen LogP contribution in [0.1, 0.15) is 31.7 Å². The summed E-state index contributed by atoms with van der Waals surface area (Å²) >= 11 is 1.78. The van der Waals surface area contributed by atoms with Crippen molar-refractivity contribution in [3.05, 3.63) is 23.8 Å². The van der Waals surface area contributed by atoms with E-state index in [-0.39, 0.29) is 0 Å². The largest absolute Gasteiger partial charge is 0.359 e. The highest BCUT2D eigenvalue weighted by atomic mass is 32.1. The highest BCUT2D eigenvalue weighted by molar-refractivity contribution is 7.22. The molecule has 3 rings (SSSR count). The topological polar surface area (TPSA) is 28.2 Å². The van der Waals surface area contributed by atoms with Gasteiger partial charge in [0, 0.05) is 19.1 Å². The van der Waals surface area contributed by atoms with Crippen molar-refractivity contribution < 1.29 is 0 Å². The van der Waals surface area contributed by atoms with Crippen LogP contribution in [0.2, 0.25) is 0 Å². The quantitative estimate of drug-likeness (QED) is 0.925. The van der Waals surface area contributed by atoms with Gasteiger partial charge in [-0.1, -0.05) is 24.3 Å². The molecule has 20 heavy (non-hydrogen) atoms. The Morgan fingerprint density at radius 2 is 2.15 bits per heavy atom. The highest BCUT2D eigenvalue weighted by Gasteiger charge is 2.19. The molecule has 3 nitrogen and oxygen atoms in total. The second kappa shape index (κ2) is 6.10. The molecule has 2 heterocycles. The van der Waals surface area contributed by atoms with Crippen LogP contribution >= 0.6 is 11.3 Å². The van der Waals surface area contributed by atoms with Crippen molar-refractivity contribution in [2.75, 3.05) is 25.0 Å². The molecule has 1 aromatic heterocycles. The Kier molecular flexibility index (Phi) is 4.22. The van der Waals surface area contributed by atoms with Crippen LogP contribution in [0.5, 0.6) is 0 Å².